The van der Waals surface area contributed by atoms with Gasteiger partial charge in [0, 0.05) is 39.8 Å². The zero-order valence-corrected chi connectivity index (χ0v) is 11.9. The summed E-state index contributed by atoms with van der Waals surface area (Å²) in [6.07, 6.45) is 3.14. The van der Waals surface area contributed by atoms with E-state index in [1.807, 2.05) is 0 Å². The second-order valence-electron chi connectivity index (χ2n) is 5.20. The number of para-hydroxylation sites is 2. The smallest absolute Gasteiger partial charge is 0.0491 e. The lowest BCUT2D eigenvalue weighted by Crippen LogP contribution is -1.97. The predicted octanol–water partition coefficient (Wildman–Crippen LogP) is 5.28. The van der Waals surface area contributed by atoms with Crippen molar-refractivity contribution in [1.29, 1.82) is 0 Å². The van der Waals surface area contributed by atoms with Crippen LogP contribution < -0.4 is 0 Å². The molecule has 0 radical (unpaired) electrons. The first-order valence-corrected chi connectivity index (χ1v) is 7.38. The lowest BCUT2D eigenvalue weighted by atomic mass is 10.2. The summed E-state index contributed by atoms with van der Waals surface area (Å²) in [5.41, 5.74) is 10.9. The topological polar surface area (TPSA) is 53.7 Å². The van der Waals surface area contributed by atoms with Crippen LogP contribution in [0.5, 0.6) is 0 Å². The second-order valence-corrected chi connectivity index (χ2v) is 5.20. The van der Waals surface area contributed by atoms with Crippen LogP contribution in [0.15, 0.2) is 53.6 Å². The van der Waals surface area contributed by atoms with Crippen LogP contribution in [-0.2, 0) is 6.54 Å². The Hall–Kier alpha value is -2.45. The van der Waals surface area contributed by atoms with Crippen molar-refractivity contribution < 1.29 is 0 Å². The highest BCUT2D eigenvalue weighted by Gasteiger charge is 2.08. The Bertz CT molecular complexity index is 744. The number of aryl methyl sites for hydroxylation is 1. The summed E-state index contributed by atoms with van der Waals surface area (Å²) < 4.78 is 2.40. The number of nitrogens with zero attached hydrogens (tertiary/aromatic N) is 4. The van der Waals surface area contributed by atoms with E-state index in [1.54, 1.807) is 0 Å². The third-order valence-corrected chi connectivity index (χ3v) is 3.88. The molecule has 0 aliphatic heterocycles. The van der Waals surface area contributed by atoms with Gasteiger partial charge in [0.1, 0.15) is 0 Å². The third-order valence-electron chi connectivity index (χ3n) is 3.88. The van der Waals surface area contributed by atoms with Gasteiger partial charge in [0.05, 0.1) is 0 Å². The number of unbranched alkanes of at least 4 members (excludes halogenated alkanes) is 2. The van der Waals surface area contributed by atoms with Crippen LogP contribution in [0.2, 0.25) is 0 Å². The molecule has 1 heterocycles. The number of fused-ring (bicyclic) bond motifs is 3. The van der Waals surface area contributed by atoms with Crippen molar-refractivity contribution in [1.82, 2.24) is 4.57 Å². The van der Waals surface area contributed by atoms with Crippen molar-refractivity contribution in [2.45, 2.75) is 25.8 Å². The first kappa shape index (κ1) is 13.5. The highest BCUT2D eigenvalue weighted by molar-refractivity contribution is 6.07. The van der Waals surface area contributed by atoms with Gasteiger partial charge >= 0.3 is 0 Å². The average molecular weight is 278 g/mol. The first-order chi connectivity index (χ1) is 10.4. The van der Waals surface area contributed by atoms with Crippen LogP contribution in [0.1, 0.15) is 19.3 Å². The maximum atomic E-state index is 8.26. The summed E-state index contributed by atoms with van der Waals surface area (Å²) in [7, 11) is 0. The molecule has 0 fully saturated rings. The zero-order valence-electron chi connectivity index (χ0n) is 11.9. The van der Waals surface area contributed by atoms with Gasteiger partial charge in [0.25, 0.3) is 0 Å². The van der Waals surface area contributed by atoms with Crippen LogP contribution in [0.4, 0.5) is 0 Å². The molecule has 0 unspecified atom stereocenters. The normalized spacial score (nSPS) is 10.9. The van der Waals surface area contributed by atoms with E-state index in [-0.39, 0.29) is 0 Å². The average Bonchev–Trinajstić information content (AvgIpc) is 2.85. The number of hydrogen-bond acceptors (Lipinski definition) is 1. The minimum Gasteiger partial charge on any atom is -0.340 e. The van der Waals surface area contributed by atoms with Crippen molar-refractivity contribution in [3.05, 3.63) is 59.0 Å². The SMILES string of the molecule is [N-]=[N+]=NCCCCCn1c2ccccc2c2ccccc21. The summed E-state index contributed by atoms with van der Waals surface area (Å²) in [5.74, 6) is 0. The Kier molecular flexibility index (Phi) is 4.08. The van der Waals surface area contributed by atoms with Gasteiger partial charge in [-0.05, 0) is 30.5 Å². The molecule has 0 atom stereocenters. The molecular formula is C17H18N4. The summed E-state index contributed by atoms with van der Waals surface area (Å²) >= 11 is 0. The van der Waals surface area contributed by atoms with Gasteiger partial charge in [0.2, 0.25) is 0 Å². The van der Waals surface area contributed by atoms with Gasteiger partial charge in [0.15, 0.2) is 0 Å². The van der Waals surface area contributed by atoms with E-state index >= 15 is 0 Å². The molecule has 1 aromatic heterocycles. The largest absolute Gasteiger partial charge is 0.340 e. The summed E-state index contributed by atoms with van der Waals surface area (Å²) in [6.45, 7) is 1.61. The molecule has 4 heteroatoms. The molecule has 0 saturated carbocycles. The summed E-state index contributed by atoms with van der Waals surface area (Å²) in [4.78, 5) is 2.78. The van der Waals surface area contributed by atoms with Crippen LogP contribution >= 0.6 is 0 Å². The van der Waals surface area contributed by atoms with E-state index < -0.39 is 0 Å². The third kappa shape index (κ3) is 2.71. The molecule has 0 saturated heterocycles. The molecule has 21 heavy (non-hydrogen) atoms. The maximum absolute atomic E-state index is 8.26. The molecule has 0 spiro atoms. The van der Waals surface area contributed by atoms with E-state index in [0.29, 0.717) is 6.54 Å². The van der Waals surface area contributed by atoms with E-state index in [0.717, 1.165) is 25.8 Å². The van der Waals surface area contributed by atoms with Crippen molar-refractivity contribution in [3.63, 3.8) is 0 Å². The Morgan fingerprint density at radius 3 is 2.10 bits per heavy atom. The minimum atomic E-state index is 0.601. The van der Waals surface area contributed by atoms with Crippen LogP contribution in [0.3, 0.4) is 0 Å². The Morgan fingerprint density at radius 1 is 0.857 bits per heavy atom. The number of benzene rings is 2. The van der Waals surface area contributed by atoms with Gasteiger partial charge in [-0.3, -0.25) is 0 Å². The van der Waals surface area contributed by atoms with Crippen LogP contribution in [0, 0.1) is 0 Å². The van der Waals surface area contributed by atoms with E-state index in [9.17, 15) is 0 Å². The first-order valence-electron chi connectivity index (χ1n) is 7.38. The number of aromatic nitrogens is 1. The molecule has 2 aromatic carbocycles. The van der Waals surface area contributed by atoms with Gasteiger partial charge in [-0.15, -0.1) is 0 Å². The molecule has 0 aliphatic carbocycles. The molecular weight excluding hydrogens is 260 g/mol. The van der Waals surface area contributed by atoms with Gasteiger partial charge < -0.3 is 4.57 Å². The Labute approximate surface area is 123 Å². The van der Waals surface area contributed by atoms with Crippen LogP contribution in [-0.4, -0.2) is 11.1 Å². The van der Waals surface area contributed by atoms with E-state index in [1.165, 1.54) is 21.8 Å². The Balaban J connectivity index is 1.84. The van der Waals surface area contributed by atoms with Gasteiger partial charge in [-0.2, -0.15) is 0 Å². The molecule has 0 amide bonds. The van der Waals surface area contributed by atoms with Gasteiger partial charge in [-0.25, -0.2) is 0 Å². The number of hydrogen-bond donors (Lipinski definition) is 0. The fourth-order valence-electron chi connectivity index (χ4n) is 2.92. The molecule has 3 rings (SSSR count). The Morgan fingerprint density at radius 2 is 1.48 bits per heavy atom. The van der Waals surface area contributed by atoms with Crippen molar-refractivity contribution in [3.8, 4) is 0 Å². The zero-order chi connectivity index (χ0) is 14.5. The maximum Gasteiger partial charge on any atom is 0.0491 e. The summed E-state index contributed by atoms with van der Waals surface area (Å²) in [5, 5.41) is 6.22. The molecule has 0 N–H and O–H groups in total. The van der Waals surface area contributed by atoms with Crippen LogP contribution in [0.25, 0.3) is 32.2 Å². The highest BCUT2D eigenvalue weighted by atomic mass is 15.1. The lowest BCUT2D eigenvalue weighted by Gasteiger charge is -2.07. The van der Waals surface area contributed by atoms with Crippen molar-refractivity contribution in [2.75, 3.05) is 6.54 Å². The predicted molar refractivity (Wildman–Crippen MR) is 87.3 cm³/mol. The van der Waals surface area contributed by atoms with Gasteiger partial charge in [-0.1, -0.05) is 47.9 Å². The lowest BCUT2D eigenvalue weighted by molar-refractivity contribution is 0.613. The summed E-state index contributed by atoms with van der Waals surface area (Å²) in [6, 6.07) is 17.1. The van der Waals surface area contributed by atoms with Crippen molar-refractivity contribution >= 4 is 21.8 Å². The minimum absolute atomic E-state index is 0.601. The quantitative estimate of drug-likeness (QED) is 0.255. The fraction of sp³-hybridized carbons (Fsp3) is 0.294. The van der Waals surface area contributed by atoms with E-state index in [4.69, 9.17) is 5.53 Å². The number of azide groups is 1. The van der Waals surface area contributed by atoms with Crippen molar-refractivity contribution in [2.24, 2.45) is 5.11 Å². The molecule has 3 aromatic rings. The second kappa shape index (κ2) is 6.33. The molecule has 0 bridgehead atoms. The number of rotatable bonds is 6. The molecule has 106 valence electrons. The highest BCUT2D eigenvalue weighted by Crippen LogP contribution is 2.28. The molecule has 0 aliphatic rings. The monoisotopic (exact) mass is 278 g/mol. The standard InChI is InChI=1S/C17H18N4/c18-20-19-12-6-1-7-13-21-16-10-4-2-8-14(16)15-9-3-5-11-17(15)21/h2-5,8-11H,1,6-7,12-13H2. The fourth-order valence-corrected chi connectivity index (χ4v) is 2.92. The molecule has 4 nitrogen and oxygen atoms in total. The van der Waals surface area contributed by atoms with E-state index in [2.05, 4.69) is 63.1 Å².